The number of nitrogens with zero attached hydrogens (tertiary/aromatic N) is 4. The Bertz CT molecular complexity index is 1710. The van der Waals surface area contributed by atoms with Gasteiger partial charge in [0.2, 0.25) is 0 Å². The molecule has 0 spiro atoms. The smallest absolute Gasteiger partial charge is 0.123 e. The van der Waals surface area contributed by atoms with E-state index in [0.717, 1.165) is 87.6 Å². The van der Waals surface area contributed by atoms with Crippen LogP contribution in [0.15, 0.2) is 127 Å². The molecule has 5 aromatic rings. The Morgan fingerprint density at radius 2 is 0.706 bits per heavy atom. The van der Waals surface area contributed by atoms with Crippen molar-refractivity contribution in [2.24, 2.45) is 0 Å². The predicted molar refractivity (Wildman–Crippen MR) is 194 cm³/mol. The largest absolute Gasteiger partial charge is 0.301 e. The predicted octanol–water partition coefficient (Wildman–Crippen LogP) is 8.49. The van der Waals surface area contributed by atoms with Gasteiger partial charge in [-0.1, -0.05) is 78.9 Å². The number of piperazine rings is 2. The van der Waals surface area contributed by atoms with E-state index in [-0.39, 0.29) is 41.4 Å². The second kappa shape index (κ2) is 16.3. The van der Waals surface area contributed by atoms with E-state index in [1.54, 1.807) is 0 Å². The maximum atomic E-state index is 13.9. The molecule has 8 heteroatoms. The molecule has 0 saturated carbocycles. The Kier molecular flexibility index (Phi) is 11.2. The molecule has 2 saturated heterocycles. The highest BCUT2D eigenvalue weighted by Crippen LogP contribution is 2.34. The average Bonchev–Trinajstić information content (AvgIpc) is 3.16. The molecule has 51 heavy (non-hydrogen) atoms. The first-order valence-electron chi connectivity index (χ1n) is 17.9. The molecule has 0 N–H and O–H groups in total. The quantitative estimate of drug-likeness (QED) is 0.129. The molecule has 264 valence electrons. The lowest BCUT2D eigenvalue weighted by Crippen LogP contribution is -2.50. The van der Waals surface area contributed by atoms with Gasteiger partial charge in [0, 0.05) is 64.9 Å². The van der Waals surface area contributed by atoms with Gasteiger partial charge in [-0.3, -0.25) is 14.7 Å². The van der Waals surface area contributed by atoms with Crippen molar-refractivity contribution < 1.29 is 17.6 Å². The molecule has 2 fully saturated rings. The number of halogens is 4. The molecule has 0 bridgehead atoms. The van der Waals surface area contributed by atoms with Crippen LogP contribution in [0.2, 0.25) is 0 Å². The molecule has 0 aliphatic carbocycles. The molecule has 7 rings (SSSR count). The van der Waals surface area contributed by atoms with Gasteiger partial charge in [0.1, 0.15) is 23.3 Å². The van der Waals surface area contributed by atoms with E-state index in [2.05, 4.69) is 49.9 Å². The van der Waals surface area contributed by atoms with Crippen LogP contribution in [0.1, 0.15) is 52.4 Å². The van der Waals surface area contributed by atoms with Gasteiger partial charge < -0.3 is 4.90 Å². The standard InChI is InChI=1S/C43H44F4N4/c44-37-14-6-33(7-15-37)42(34-8-16-38(45)17-9-34)50-26-24-48(25-27-50)23-22-41(32-4-2-1-3-5-32)49-28-30-51(31-29-49)43(35-10-18-39(46)19-11-35)36-12-20-40(47)21-13-36/h1-21,41-43H,22-31H2. The zero-order valence-electron chi connectivity index (χ0n) is 28.7. The first-order chi connectivity index (χ1) is 24.9. The van der Waals surface area contributed by atoms with Gasteiger partial charge in [-0.2, -0.15) is 0 Å². The second-order valence-electron chi connectivity index (χ2n) is 13.7. The third-order valence-corrected chi connectivity index (χ3v) is 10.6. The lowest BCUT2D eigenvalue weighted by atomic mass is 9.95. The molecular weight excluding hydrogens is 648 g/mol. The third-order valence-electron chi connectivity index (χ3n) is 10.6. The summed E-state index contributed by atoms with van der Waals surface area (Å²) in [6, 6.07) is 37.5. The molecule has 1 atom stereocenters. The highest BCUT2D eigenvalue weighted by molar-refractivity contribution is 5.34. The highest BCUT2D eigenvalue weighted by Gasteiger charge is 2.32. The van der Waals surface area contributed by atoms with Crippen molar-refractivity contribution in [1.82, 2.24) is 19.6 Å². The molecular formula is C43H44F4N4. The summed E-state index contributed by atoms with van der Waals surface area (Å²) in [5.74, 6) is -1.07. The Morgan fingerprint density at radius 3 is 1.08 bits per heavy atom. The summed E-state index contributed by atoms with van der Waals surface area (Å²) in [4.78, 5) is 9.97. The van der Waals surface area contributed by atoms with Crippen LogP contribution in [0.25, 0.3) is 0 Å². The van der Waals surface area contributed by atoms with E-state index < -0.39 is 0 Å². The van der Waals surface area contributed by atoms with Crippen molar-refractivity contribution in [1.29, 1.82) is 0 Å². The van der Waals surface area contributed by atoms with Crippen LogP contribution in [0.5, 0.6) is 0 Å². The van der Waals surface area contributed by atoms with Crippen LogP contribution < -0.4 is 0 Å². The number of hydrogen-bond acceptors (Lipinski definition) is 4. The Morgan fingerprint density at radius 1 is 0.373 bits per heavy atom. The van der Waals surface area contributed by atoms with Crippen molar-refractivity contribution in [3.8, 4) is 0 Å². The molecule has 4 nitrogen and oxygen atoms in total. The summed E-state index contributed by atoms with van der Waals surface area (Å²) in [6.07, 6.45) is 0.989. The van der Waals surface area contributed by atoms with Gasteiger partial charge in [0.15, 0.2) is 0 Å². The minimum Gasteiger partial charge on any atom is -0.301 e. The second-order valence-corrected chi connectivity index (χ2v) is 13.7. The number of hydrogen-bond donors (Lipinski definition) is 0. The zero-order chi connectivity index (χ0) is 35.2. The molecule has 2 aliphatic rings. The van der Waals surface area contributed by atoms with E-state index in [0.29, 0.717) is 0 Å². The van der Waals surface area contributed by atoms with Crippen LogP contribution in [-0.2, 0) is 0 Å². The lowest BCUT2D eigenvalue weighted by molar-refractivity contribution is 0.0622. The van der Waals surface area contributed by atoms with Crippen molar-refractivity contribution in [2.75, 3.05) is 58.9 Å². The Labute approximate surface area is 298 Å². The maximum Gasteiger partial charge on any atom is 0.123 e. The first kappa shape index (κ1) is 35.1. The van der Waals surface area contributed by atoms with Gasteiger partial charge in [-0.25, -0.2) is 17.6 Å². The lowest BCUT2D eigenvalue weighted by Gasteiger charge is -2.44. The summed E-state index contributed by atoms with van der Waals surface area (Å²) < 4.78 is 55.4. The average molecular weight is 693 g/mol. The Balaban J connectivity index is 1.01. The van der Waals surface area contributed by atoms with Crippen molar-refractivity contribution in [3.63, 3.8) is 0 Å². The van der Waals surface area contributed by atoms with Crippen LogP contribution in [0.3, 0.4) is 0 Å². The Hall–Kier alpha value is -4.34. The van der Waals surface area contributed by atoms with Crippen molar-refractivity contribution in [2.45, 2.75) is 24.5 Å². The molecule has 0 radical (unpaired) electrons. The normalized spacial score (nSPS) is 17.3. The summed E-state index contributed by atoms with van der Waals surface area (Å²) in [7, 11) is 0. The number of rotatable bonds is 11. The van der Waals surface area contributed by atoms with E-state index in [4.69, 9.17) is 0 Å². The van der Waals surface area contributed by atoms with Gasteiger partial charge in [0.05, 0.1) is 12.1 Å². The van der Waals surface area contributed by atoms with Gasteiger partial charge in [-0.15, -0.1) is 0 Å². The summed E-state index contributed by atoms with van der Waals surface area (Å²) in [5.41, 5.74) is 5.31. The summed E-state index contributed by atoms with van der Waals surface area (Å²) in [6.45, 7) is 7.89. The molecule has 0 amide bonds. The van der Waals surface area contributed by atoms with Gasteiger partial charge >= 0.3 is 0 Å². The van der Waals surface area contributed by atoms with E-state index in [9.17, 15) is 17.6 Å². The molecule has 1 unspecified atom stereocenters. The molecule has 2 aliphatic heterocycles. The fourth-order valence-corrected chi connectivity index (χ4v) is 7.90. The molecule has 0 aromatic heterocycles. The summed E-state index contributed by atoms with van der Waals surface area (Å²) in [5, 5.41) is 0. The minimum atomic E-state index is -0.269. The van der Waals surface area contributed by atoms with E-state index >= 15 is 0 Å². The fraction of sp³-hybridized carbons (Fsp3) is 0.302. The molecule has 2 heterocycles. The SMILES string of the molecule is Fc1ccc(C(c2ccc(F)cc2)N2CCN(CCC(c3ccccc3)N3CCN(C(c4ccc(F)cc4)c4ccc(F)cc4)CC3)CC2)cc1. The zero-order valence-corrected chi connectivity index (χ0v) is 28.7. The van der Waals surface area contributed by atoms with Gasteiger partial charge in [0.25, 0.3) is 0 Å². The fourth-order valence-electron chi connectivity index (χ4n) is 7.90. The first-order valence-corrected chi connectivity index (χ1v) is 17.9. The third kappa shape index (κ3) is 8.59. The van der Waals surface area contributed by atoms with Crippen LogP contribution in [0, 0.1) is 23.3 Å². The van der Waals surface area contributed by atoms with Crippen molar-refractivity contribution >= 4 is 0 Å². The van der Waals surface area contributed by atoms with E-state index in [1.165, 1.54) is 54.1 Å². The number of benzene rings is 5. The molecule has 5 aromatic carbocycles. The monoisotopic (exact) mass is 692 g/mol. The van der Waals surface area contributed by atoms with Crippen LogP contribution in [-0.4, -0.2) is 78.5 Å². The van der Waals surface area contributed by atoms with E-state index in [1.807, 2.05) is 48.5 Å². The summed E-state index contributed by atoms with van der Waals surface area (Å²) >= 11 is 0. The van der Waals surface area contributed by atoms with Gasteiger partial charge in [-0.05, 0) is 82.8 Å². The van der Waals surface area contributed by atoms with Crippen LogP contribution >= 0.6 is 0 Å². The maximum absolute atomic E-state index is 13.9. The topological polar surface area (TPSA) is 13.0 Å². The minimum absolute atomic E-state index is 0.0737. The highest BCUT2D eigenvalue weighted by atomic mass is 19.1. The van der Waals surface area contributed by atoms with Crippen LogP contribution in [0.4, 0.5) is 17.6 Å². The van der Waals surface area contributed by atoms with Crippen molar-refractivity contribution in [3.05, 3.63) is 178 Å².